The summed E-state index contributed by atoms with van der Waals surface area (Å²) < 4.78 is 5.12. The molecular formula is C12H27ClN2O2. The number of carbonyl (C=O) groups excluding carboxylic acids is 1. The molecule has 0 radical (unpaired) electrons. The van der Waals surface area contributed by atoms with Gasteiger partial charge < -0.3 is 15.4 Å². The Balaban J connectivity index is 0. The summed E-state index contributed by atoms with van der Waals surface area (Å²) in [6.45, 7) is 8.28. The number of halogens is 1. The minimum Gasteiger partial charge on any atom is -0.380 e. The molecule has 0 spiro atoms. The molecule has 1 amide bonds. The molecule has 0 aromatic heterocycles. The Labute approximate surface area is 111 Å². The lowest BCUT2D eigenvalue weighted by atomic mass is 10.1. The van der Waals surface area contributed by atoms with Crippen molar-refractivity contribution in [1.29, 1.82) is 0 Å². The molecule has 0 rings (SSSR count). The summed E-state index contributed by atoms with van der Waals surface area (Å²) in [4.78, 5) is 13.8. The SMILES string of the molecule is CCC(C)CN(CC)C(=O)CC(CN)OC.Cl. The summed E-state index contributed by atoms with van der Waals surface area (Å²) in [7, 11) is 1.59. The van der Waals surface area contributed by atoms with Crippen molar-refractivity contribution < 1.29 is 9.53 Å². The third-order valence-corrected chi connectivity index (χ3v) is 2.96. The Morgan fingerprint density at radius 1 is 1.41 bits per heavy atom. The zero-order valence-electron chi connectivity index (χ0n) is 11.4. The van der Waals surface area contributed by atoms with Crippen LogP contribution in [0.5, 0.6) is 0 Å². The molecule has 0 saturated carbocycles. The molecular weight excluding hydrogens is 240 g/mol. The van der Waals surface area contributed by atoms with Crippen LogP contribution in [0.25, 0.3) is 0 Å². The molecule has 0 aromatic carbocycles. The molecule has 0 bridgehead atoms. The third-order valence-electron chi connectivity index (χ3n) is 2.96. The van der Waals surface area contributed by atoms with Crippen molar-refractivity contribution in [3.05, 3.63) is 0 Å². The molecule has 0 fully saturated rings. The van der Waals surface area contributed by atoms with Gasteiger partial charge in [-0.05, 0) is 12.8 Å². The van der Waals surface area contributed by atoms with E-state index in [0.29, 0.717) is 18.9 Å². The number of hydrogen-bond acceptors (Lipinski definition) is 3. The fourth-order valence-electron chi connectivity index (χ4n) is 1.50. The van der Waals surface area contributed by atoms with Crippen LogP contribution in [0.15, 0.2) is 0 Å². The molecule has 0 aromatic rings. The van der Waals surface area contributed by atoms with Gasteiger partial charge in [0.15, 0.2) is 0 Å². The Bertz CT molecular complexity index is 199. The van der Waals surface area contributed by atoms with E-state index < -0.39 is 0 Å². The van der Waals surface area contributed by atoms with E-state index in [2.05, 4.69) is 13.8 Å². The number of amides is 1. The fourth-order valence-corrected chi connectivity index (χ4v) is 1.50. The smallest absolute Gasteiger partial charge is 0.225 e. The molecule has 0 saturated heterocycles. The first-order chi connectivity index (χ1) is 7.58. The number of hydrogen-bond donors (Lipinski definition) is 1. The minimum absolute atomic E-state index is 0. The lowest BCUT2D eigenvalue weighted by Gasteiger charge is -2.25. The molecule has 2 atom stereocenters. The highest BCUT2D eigenvalue weighted by Gasteiger charge is 2.18. The van der Waals surface area contributed by atoms with Crippen LogP contribution in [0.1, 0.15) is 33.6 Å². The van der Waals surface area contributed by atoms with Crippen molar-refractivity contribution in [1.82, 2.24) is 4.90 Å². The van der Waals surface area contributed by atoms with Gasteiger partial charge in [0.25, 0.3) is 0 Å². The van der Waals surface area contributed by atoms with E-state index in [9.17, 15) is 4.79 Å². The van der Waals surface area contributed by atoms with E-state index >= 15 is 0 Å². The molecule has 0 heterocycles. The Hall–Kier alpha value is -0.320. The monoisotopic (exact) mass is 266 g/mol. The maximum atomic E-state index is 11.9. The van der Waals surface area contributed by atoms with Gasteiger partial charge in [-0.3, -0.25) is 4.79 Å². The van der Waals surface area contributed by atoms with Crippen molar-refractivity contribution in [2.45, 2.75) is 39.7 Å². The van der Waals surface area contributed by atoms with E-state index in [1.165, 1.54) is 0 Å². The minimum atomic E-state index is -0.154. The number of nitrogens with zero attached hydrogens (tertiary/aromatic N) is 1. The molecule has 17 heavy (non-hydrogen) atoms. The predicted octanol–water partition coefficient (Wildman–Crippen LogP) is 1.67. The van der Waals surface area contributed by atoms with E-state index in [0.717, 1.165) is 19.5 Å². The van der Waals surface area contributed by atoms with Gasteiger partial charge in [0, 0.05) is 26.7 Å². The van der Waals surface area contributed by atoms with Gasteiger partial charge in [-0.1, -0.05) is 20.3 Å². The van der Waals surface area contributed by atoms with Crippen LogP contribution < -0.4 is 5.73 Å². The maximum Gasteiger partial charge on any atom is 0.225 e. The van der Waals surface area contributed by atoms with Crippen LogP contribution in [0.3, 0.4) is 0 Å². The number of ether oxygens (including phenoxy) is 1. The summed E-state index contributed by atoms with van der Waals surface area (Å²) in [6.07, 6.45) is 1.32. The van der Waals surface area contributed by atoms with E-state index in [4.69, 9.17) is 10.5 Å². The lowest BCUT2D eigenvalue weighted by molar-refractivity contribution is -0.134. The summed E-state index contributed by atoms with van der Waals surface area (Å²) in [6, 6.07) is 0. The summed E-state index contributed by atoms with van der Waals surface area (Å²) in [5.41, 5.74) is 5.50. The number of rotatable bonds is 8. The van der Waals surface area contributed by atoms with Crippen molar-refractivity contribution in [3.8, 4) is 0 Å². The second-order valence-corrected chi connectivity index (χ2v) is 4.24. The highest BCUT2D eigenvalue weighted by Crippen LogP contribution is 2.07. The fraction of sp³-hybridized carbons (Fsp3) is 0.917. The van der Waals surface area contributed by atoms with Gasteiger partial charge in [0.2, 0.25) is 5.91 Å². The molecule has 0 aliphatic rings. The Morgan fingerprint density at radius 2 is 2.00 bits per heavy atom. The Morgan fingerprint density at radius 3 is 2.35 bits per heavy atom. The summed E-state index contributed by atoms with van der Waals surface area (Å²) >= 11 is 0. The van der Waals surface area contributed by atoms with Crippen LogP contribution in [-0.4, -0.2) is 43.7 Å². The van der Waals surface area contributed by atoms with Gasteiger partial charge in [0.1, 0.15) is 0 Å². The maximum absolute atomic E-state index is 11.9. The molecule has 2 unspecified atom stereocenters. The van der Waals surface area contributed by atoms with Gasteiger partial charge in [-0.15, -0.1) is 12.4 Å². The number of nitrogens with two attached hydrogens (primary N) is 1. The van der Waals surface area contributed by atoms with Gasteiger partial charge >= 0.3 is 0 Å². The first-order valence-electron chi connectivity index (χ1n) is 6.09. The van der Waals surface area contributed by atoms with Gasteiger partial charge in [0.05, 0.1) is 12.5 Å². The third kappa shape index (κ3) is 7.58. The average molecular weight is 267 g/mol. The van der Waals surface area contributed by atoms with Crippen molar-refractivity contribution >= 4 is 18.3 Å². The zero-order chi connectivity index (χ0) is 12.6. The first-order valence-corrected chi connectivity index (χ1v) is 6.09. The number of methoxy groups -OCH3 is 1. The van der Waals surface area contributed by atoms with E-state index in [1.807, 2.05) is 11.8 Å². The molecule has 2 N–H and O–H groups in total. The molecule has 5 heteroatoms. The zero-order valence-corrected chi connectivity index (χ0v) is 12.3. The van der Waals surface area contributed by atoms with E-state index in [1.54, 1.807) is 7.11 Å². The highest BCUT2D eigenvalue weighted by molar-refractivity contribution is 5.85. The van der Waals surface area contributed by atoms with Gasteiger partial charge in [-0.25, -0.2) is 0 Å². The second kappa shape index (κ2) is 10.8. The molecule has 0 aliphatic carbocycles. The van der Waals surface area contributed by atoms with Crippen LogP contribution in [0.4, 0.5) is 0 Å². The van der Waals surface area contributed by atoms with Crippen LogP contribution in [0, 0.1) is 5.92 Å². The second-order valence-electron chi connectivity index (χ2n) is 4.24. The van der Waals surface area contributed by atoms with Crippen LogP contribution in [-0.2, 0) is 9.53 Å². The largest absolute Gasteiger partial charge is 0.380 e. The van der Waals surface area contributed by atoms with Crippen LogP contribution >= 0.6 is 12.4 Å². The van der Waals surface area contributed by atoms with Crippen LogP contribution in [0.2, 0.25) is 0 Å². The standard InChI is InChI=1S/C12H26N2O2.ClH/c1-5-10(3)9-14(6-2)12(15)7-11(8-13)16-4;/h10-11H,5-9,13H2,1-4H3;1H. The van der Waals surface area contributed by atoms with Crippen molar-refractivity contribution in [2.24, 2.45) is 11.7 Å². The summed E-state index contributed by atoms with van der Waals surface area (Å²) in [5, 5.41) is 0. The molecule has 0 aliphatic heterocycles. The number of carbonyl (C=O) groups is 1. The Kier molecular flexibility index (Phi) is 12.1. The lowest BCUT2D eigenvalue weighted by Crippen LogP contribution is -2.38. The average Bonchev–Trinajstić information content (AvgIpc) is 2.31. The topological polar surface area (TPSA) is 55.6 Å². The normalized spacial score (nSPS) is 13.7. The summed E-state index contributed by atoms with van der Waals surface area (Å²) in [5.74, 6) is 0.683. The van der Waals surface area contributed by atoms with E-state index in [-0.39, 0.29) is 24.4 Å². The first kappa shape index (κ1) is 19.0. The van der Waals surface area contributed by atoms with Crippen molar-refractivity contribution in [2.75, 3.05) is 26.7 Å². The highest BCUT2D eigenvalue weighted by atomic mass is 35.5. The molecule has 4 nitrogen and oxygen atoms in total. The predicted molar refractivity (Wildman–Crippen MR) is 73.4 cm³/mol. The van der Waals surface area contributed by atoms with Gasteiger partial charge in [-0.2, -0.15) is 0 Å². The quantitative estimate of drug-likeness (QED) is 0.727. The van der Waals surface area contributed by atoms with Crippen molar-refractivity contribution in [3.63, 3.8) is 0 Å². The molecule has 104 valence electrons.